The van der Waals surface area contributed by atoms with Crippen molar-refractivity contribution < 1.29 is 4.39 Å². The molecule has 5 aromatic heterocycles. The zero-order valence-corrected chi connectivity index (χ0v) is 20.2. The van der Waals surface area contributed by atoms with Crippen LogP contribution in [0.2, 0.25) is 0 Å². The van der Waals surface area contributed by atoms with Crippen LogP contribution in [0.25, 0.3) is 45.4 Å². The van der Waals surface area contributed by atoms with Gasteiger partial charge >= 0.3 is 0 Å². The first-order valence-corrected chi connectivity index (χ1v) is 11.5. The van der Waals surface area contributed by atoms with Crippen molar-refractivity contribution in [2.24, 2.45) is 7.05 Å². The van der Waals surface area contributed by atoms with E-state index in [-0.39, 0.29) is 5.82 Å². The average Bonchev–Trinajstić information content (AvgIpc) is 3.56. The molecular weight excluding hydrogens is 467 g/mol. The number of nitrogens with one attached hydrogen (secondary N) is 1. The molecule has 1 N–H and O–H groups in total. The third kappa shape index (κ3) is 5.46. The zero-order valence-electron chi connectivity index (χ0n) is 20.2. The van der Waals surface area contributed by atoms with Crippen LogP contribution in [-0.4, -0.2) is 39.5 Å². The fourth-order valence-corrected chi connectivity index (χ4v) is 3.74. The van der Waals surface area contributed by atoms with E-state index in [9.17, 15) is 4.39 Å². The van der Waals surface area contributed by atoms with Crippen LogP contribution in [0.5, 0.6) is 0 Å². The summed E-state index contributed by atoms with van der Waals surface area (Å²) in [6.45, 7) is 1.98. The van der Waals surface area contributed by atoms with E-state index in [1.807, 2.05) is 49.0 Å². The van der Waals surface area contributed by atoms with E-state index in [4.69, 9.17) is 0 Å². The Bertz CT molecular complexity index is 1590. The summed E-state index contributed by atoms with van der Waals surface area (Å²) < 4.78 is 15.3. The minimum absolute atomic E-state index is 0.307. The largest absolute Gasteiger partial charge is 0.342 e. The van der Waals surface area contributed by atoms with Gasteiger partial charge in [0.15, 0.2) is 5.82 Å². The van der Waals surface area contributed by atoms with Crippen molar-refractivity contribution in [1.29, 1.82) is 0 Å². The molecule has 0 atom stereocenters. The molecule has 182 valence electrons. The van der Waals surface area contributed by atoms with Gasteiger partial charge in [-0.2, -0.15) is 0 Å². The van der Waals surface area contributed by atoms with Gasteiger partial charge in [-0.05, 0) is 43.3 Å². The maximum Gasteiger partial charge on any atom is 0.159 e. The van der Waals surface area contributed by atoms with E-state index in [1.165, 1.54) is 12.1 Å². The predicted molar refractivity (Wildman–Crippen MR) is 139 cm³/mol. The highest BCUT2D eigenvalue weighted by Crippen LogP contribution is 2.25. The number of H-pyrrole nitrogens is 1. The van der Waals surface area contributed by atoms with Gasteiger partial charge in [0, 0.05) is 78.4 Å². The summed E-state index contributed by atoms with van der Waals surface area (Å²) in [7, 11) is 1.94. The standard InChI is InChI=1S/C19H14FN5.C9H9N3/c1-25-17(12-24-19(25)14-5-3-7-21-9-14)15-10-22-18(23-11-15)13-4-2-6-16(20)8-13;1-7-5-11-9(12-7)8-3-2-4-10-6-8/h2-12H,1H3;2-6H,1H3,(H,11,12). The van der Waals surface area contributed by atoms with Gasteiger partial charge in [-0.1, -0.05) is 12.1 Å². The van der Waals surface area contributed by atoms with E-state index in [2.05, 4.69) is 34.9 Å². The second-order valence-electron chi connectivity index (χ2n) is 8.23. The van der Waals surface area contributed by atoms with Crippen LogP contribution in [0, 0.1) is 12.7 Å². The molecule has 0 saturated carbocycles. The Hall–Kier alpha value is -5.05. The lowest BCUT2D eigenvalue weighted by Gasteiger charge is -2.06. The van der Waals surface area contributed by atoms with Crippen molar-refractivity contribution in [2.75, 3.05) is 0 Å². The minimum atomic E-state index is -0.307. The van der Waals surface area contributed by atoms with Gasteiger partial charge < -0.3 is 9.55 Å². The molecule has 0 spiro atoms. The molecule has 5 heterocycles. The zero-order chi connectivity index (χ0) is 25.6. The molecule has 0 amide bonds. The van der Waals surface area contributed by atoms with Crippen molar-refractivity contribution in [3.63, 3.8) is 0 Å². The number of aryl methyl sites for hydroxylation is 1. The maximum atomic E-state index is 13.3. The number of halogens is 1. The van der Waals surface area contributed by atoms with Gasteiger partial charge in [-0.3, -0.25) is 9.97 Å². The van der Waals surface area contributed by atoms with E-state index in [0.29, 0.717) is 11.4 Å². The Morgan fingerprint density at radius 1 is 0.703 bits per heavy atom. The van der Waals surface area contributed by atoms with Crippen molar-refractivity contribution >= 4 is 0 Å². The number of rotatable bonds is 4. The summed E-state index contributed by atoms with van der Waals surface area (Å²) in [5.41, 5.74) is 5.40. The molecule has 0 aliphatic carbocycles. The first-order valence-electron chi connectivity index (χ1n) is 11.5. The highest BCUT2D eigenvalue weighted by atomic mass is 19.1. The molecule has 0 fully saturated rings. The summed E-state index contributed by atoms with van der Waals surface area (Å²) >= 11 is 0. The minimum Gasteiger partial charge on any atom is -0.342 e. The summed E-state index contributed by atoms with van der Waals surface area (Å²) in [5, 5.41) is 0. The molecule has 8 nitrogen and oxygen atoms in total. The number of benzene rings is 1. The van der Waals surface area contributed by atoms with E-state index < -0.39 is 0 Å². The lowest BCUT2D eigenvalue weighted by Crippen LogP contribution is -1.97. The molecule has 1 aromatic carbocycles. The quantitative estimate of drug-likeness (QED) is 0.349. The molecular formula is C28H23FN8. The second-order valence-corrected chi connectivity index (χ2v) is 8.23. The Labute approximate surface area is 213 Å². The normalized spacial score (nSPS) is 10.6. The lowest BCUT2D eigenvalue weighted by atomic mass is 10.2. The average molecular weight is 491 g/mol. The Balaban J connectivity index is 0.000000195. The summed E-state index contributed by atoms with van der Waals surface area (Å²) in [6.07, 6.45) is 14.1. The highest BCUT2D eigenvalue weighted by Gasteiger charge is 2.12. The fourth-order valence-electron chi connectivity index (χ4n) is 3.74. The van der Waals surface area contributed by atoms with Gasteiger partial charge in [0.1, 0.15) is 17.5 Å². The molecule has 6 aromatic rings. The van der Waals surface area contributed by atoms with Crippen molar-refractivity contribution in [3.8, 4) is 45.4 Å². The van der Waals surface area contributed by atoms with Crippen molar-refractivity contribution in [3.05, 3.63) is 110 Å². The Morgan fingerprint density at radius 3 is 2.03 bits per heavy atom. The summed E-state index contributed by atoms with van der Waals surface area (Å²) in [5.74, 6) is 1.87. The smallest absolute Gasteiger partial charge is 0.159 e. The van der Waals surface area contributed by atoms with Crippen LogP contribution in [0.3, 0.4) is 0 Å². The van der Waals surface area contributed by atoms with Gasteiger partial charge in [-0.15, -0.1) is 0 Å². The number of imidazole rings is 2. The molecule has 6 rings (SSSR count). The molecule has 37 heavy (non-hydrogen) atoms. The van der Waals surface area contributed by atoms with Crippen LogP contribution in [-0.2, 0) is 7.05 Å². The van der Waals surface area contributed by atoms with Crippen molar-refractivity contribution in [2.45, 2.75) is 6.92 Å². The molecule has 0 unspecified atom stereocenters. The molecule has 0 aliphatic rings. The molecule has 9 heteroatoms. The van der Waals surface area contributed by atoms with Gasteiger partial charge in [0.05, 0.1) is 11.9 Å². The Kier molecular flexibility index (Phi) is 6.84. The van der Waals surface area contributed by atoms with Crippen molar-refractivity contribution in [1.82, 2.24) is 39.5 Å². The maximum absolute atomic E-state index is 13.3. The topological polar surface area (TPSA) is 98.1 Å². The van der Waals surface area contributed by atoms with E-state index in [0.717, 1.165) is 39.7 Å². The summed E-state index contributed by atoms with van der Waals surface area (Å²) in [4.78, 5) is 28.7. The highest BCUT2D eigenvalue weighted by molar-refractivity contribution is 5.65. The van der Waals surface area contributed by atoms with Crippen LogP contribution in [0.15, 0.2) is 98.1 Å². The van der Waals surface area contributed by atoms with Crippen LogP contribution >= 0.6 is 0 Å². The van der Waals surface area contributed by atoms with Crippen LogP contribution in [0.4, 0.5) is 4.39 Å². The first-order chi connectivity index (χ1) is 18.1. The predicted octanol–water partition coefficient (Wildman–Crippen LogP) is 5.53. The number of hydrogen-bond donors (Lipinski definition) is 1. The summed E-state index contributed by atoms with van der Waals surface area (Å²) in [6, 6.07) is 13.9. The van der Waals surface area contributed by atoms with E-state index in [1.54, 1.807) is 55.5 Å². The number of hydrogen-bond acceptors (Lipinski definition) is 6. The third-order valence-electron chi connectivity index (χ3n) is 5.58. The monoisotopic (exact) mass is 490 g/mol. The first kappa shape index (κ1) is 23.7. The molecule has 0 radical (unpaired) electrons. The van der Waals surface area contributed by atoms with E-state index >= 15 is 0 Å². The number of aromatic nitrogens is 8. The SMILES string of the molecule is Cc1cnc(-c2cccnc2)[nH]1.Cn1c(-c2cnc(-c3cccc(F)c3)nc2)cnc1-c1cccnc1. The Morgan fingerprint density at radius 2 is 1.41 bits per heavy atom. The fraction of sp³-hybridized carbons (Fsp3) is 0.0714. The molecule has 0 aliphatic heterocycles. The third-order valence-corrected chi connectivity index (χ3v) is 5.58. The van der Waals surface area contributed by atoms with Gasteiger partial charge in [0.2, 0.25) is 0 Å². The molecule has 0 bridgehead atoms. The van der Waals surface area contributed by atoms with Gasteiger partial charge in [-0.25, -0.2) is 24.3 Å². The lowest BCUT2D eigenvalue weighted by molar-refractivity contribution is 0.628. The number of nitrogens with zero attached hydrogens (tertiary/aromatic N) is 7. The second kappa shape index (κ2) is 10.7. The molecule has 0 saturated heterocycles. The van der Waals surface area contributed by atoms with Crippen LogP contribution in [0.1, 0.15) is 5.69 Å². The number of pyridine rings is 2. The number of aromatic amines is 1. The van der Waals surface area contributed by atoms with Crippen LogP contribution < -0.4 is 0 Å². The van der Waals surface area contributed by atoms with Gasteiger partial charge in [0.25, 0.3) is 0 Å².